The summed E-state index contributed by atoms with van der Waals surface area (Å²) in [6.07, 6.45) is 0. The van der Waals surface area contributed by atoms with Crippen LogP contribution in [0.5, 0.6) is 0 Å². The average Bonchev–Trinajstić information content (AvgIpc) is 3.17. The van der Waals surface area contributed by atoms with Crippen LogP contribution in [-0.2, 0) is 0 Å². The molecular weight excluding hydrogens is 448 g/mol. The van der Waals surface area contributed by atoms with E-state index in [1.165, 1.54) is 30.0 Å². The van der Waals surface area contributed by atoms with E-state index >= 15 is 0 Å². The zero-order valence-corrected chi connectivity index (χ0v) is 16.7. The van der Waals surface area contributed by atoms with Gasteiger partial charge in [0.05, 0.1) is 4.92 Å². The molecular formula is C19H13BrN2O5S. The van der Waals surface area contributed by atoms with Crippen LogP contribution in [0.2, 0.25) is 0 Å². The van der Waals surface area contributed by atoms with Gasteiger partial charge in [0, 0.05) is 34.3 Å². The SMILES string of the molecule is O=C(c1cc2ccc(Br)cc2oc1=O)N1CCS[C@@H]1c1cccc([N+](=O)[O-])c1. The van der Waals surface area contributed by atoms with E-state index in [1.54, 1.807) is 35.2 Å². The maximum atomic E-state index is 13.1. The van der Waals surface area contributed by atoms with E-state index in [4.69, 9.17) is 4.42 Å². The Morgan fingerprint density at radius 2 is 2.07 bits per heavy atom. The van der Waals surface area contributed by atoms with Crippen LogP contribution in [0, 0.1) is 10.1 Å². The first-order valence-corrected chi connectivity index (χ1v) is 10.2. The molecule has 0 unspecified atom stereocenters. The van der Waals surface area contributed by atoms with Gasteiger partial charge in [-0.1, -0.05) is 34.1 Å². The van der Waals surface area contributed by atoms with E-state index < -0.39 is 21.8 Å². The van der Waals surface area contributed by atoms with Crippen molar-refractivity contribution in [3.8, 4) is 0 Å². The molecule has 1 atom stereocenters. The Hall–Kier alpha value is -2.65. The number of nitrogens with zero attached hydrogens (tertiary/aromatic N) is 2. The zero-order valence-electron chi connectivity index (χ0n) is 14.3. The first-order chi connectivity index (χ1) is 13.4. The molecule has 142 valence electrons. The van der Waals surface area contributed by atoms with Crippen LogP contribution in [-0.4, -0.2) is 28.0 Å². The number of carbonyl (C=O) groups excluding carboxylic acids is 1. The van der Waals surface area contributed by atoms with Crippen molar-refractivity contribution in [3.63, 3.8) is 0 Å². The molecule has 1 saturated heterocycles. The first kappa shape index (κ1) is 18.7. The number of fused-ring (bicyclic) bond motifs is 1. The molecule has 0 spiro atoms. The van der Waals surface area contributed by atoms with Crippen LogP contribution < -0.4 is 5.63 Å². The first-order valence-electron chi connectivity index (χ1n) is 8.34. The summed E-state index contributed by atoms with van der Waals surface area (Å²) in [5.74, 6) is 0.227. The number of amides is 1. The second kappa shape index (κ2) is 7.40. The number of halogens is 1. The zero-order chi connectivity index (χ0) is 19.8. The normalized spacial score (nSPS) is 16.5. The number of carbonyl (C=O) groups is 1. The molecule has 1 amide bonds. The number of benzene rings is 2. The molecule has 2 heterocycles. The molecule has 28 heavy (non-hydrogen) atoms. The number of hydrogen-bond acceptors (Lipinski definition) is 6. The van der Waals surface area contributed by atoms with E-state index in [-0.39, 0.29) is 11.3 Å². The van der Waals surface area contributed by atoms with Crippen molar-refractivity contribution in [1.29, 1.82) is 0 Å². The molecule has 1 fully saturated rings. The smallest absolute Gasteiger partial charge is 0.349 e. The van der Waals surface area contributed by atoms with Crippen molar-refractivity contribution in [2.45, 2.75) is 5.37 Å². The summed E-state index contributed by atoms with van der Waals surface area (Å²) >= 11 is 4.82. The maximum Gasteiger partial charge on any atom is 0.349 e. The van der Waals surface area contributed by atoms with Gasteiger partial charge in [-0.15, -0.1) is 11.8 Å². The number of nitro benzene ring substituents is 1. The molecule has 0 N–H and O–H groups in total. The molecule has 3 aromatic rings. The fraction of sp³-hybridized carbons (Fsp3) is 0.158. The average molecular weight is 461 g/mol. The molecule has 0 radical (unpaired) electrons. The Morgan fingerprint density at radius 1 is 1.25 bits per heavy atom. The van der Waals surface area contributed by atoms with E-state index in [9.17, 15) is 19.7 Å². The minimum Gasteiger partial charge on any atom is -0.422 e. The fourth-order valence-electron chi connectivity index (χ4n) is 3.13. The van der Waals surface area contributed by atoms with Crippen LogP contribution in [0.25, 0.3) is 11.0 Å². The number of rotatable bonds is 3. The molecule has 7 nitrogen and oxygen atoms in total. The summed E-state index contributed by atoms with van der Waals surface area (Å²) in [7, 11) is 0. The van der Waals surface area contributed by atoms with E-state index in [2.05, 4.69) is 15.9 Å². The van der Waals surface area contributed by atoms with E-state index in [0.717, 1.165) is 4.47 Å². The largest absolute Gasteiger partial charge is 0.422 e. The van der Waals surface area contributed by atoms with Gasteiger partial charge in [0.15, 0.2) is 0 Å². The van der Waals surface area contributed by atoms with Gasteiger partial charge in [0.2, 0.25) is 0 Å². The van der Waals surface area contributed by atoms with Gasteiger partial charge in [-0.05, 0) is 23.8 Å². The maximum absolute atomic E-state index is 13.1. The summed E-state index contributed by atoms with van der Waals surface area (Å²) in [6.45, 7) is 0.439. The summed E-state index contributed by atoms with van der Waals surface area (Å²) in [5, 5.41) is 11.3. The summed E-state index contributed by atoms with van der Waals surface area (Å²) in [6, 6.07) is 13.0. The minimum absolute atomic E-state index is 0.0341. The Labute approximate surface area is 171 Å². The second-order valence-electron chi connectivity index (χ2n) is 6.20. The lowest BCUT2D eigenvalue weighted by Gasteiger charge is -2.23. The second-order valence-corrected chi connectivity index (χ2v) is 8.31. The van der Waals surface area contributed by atoms with E-state index in [0.29, 0.717) is 28.8 Å². The standard InChI is InChI=1S/C19H13BrN2O5S/c20-13-5-4-11-9-15(19(24)27-16(11)10-13)17(23)21-6-7-28-18(21)12-2-1-3-14(8-12)22(25)26/h1-5,8-10,18H,6-7H2/t18-/m1/s1. The minimum atomic E-state index is -0.703. The highest BCUT2D eigenvalue weighted by atomic mass is 79.9. The Bertz CT molecular complexity index is 1160. The molecule has 4 rings (SSSR count). The lowest BCUT2D eigenvalue weighted by atomic mass is 10.1. The number of hydrogen-bond donors (Lipinski definition) is 0. The summed E-state index contributed by atoms with van der Waals surface area (Å²) in [5.41, 5.74) is 0.257. The number of nitro groups is 1. The van der Waals surface area contributed by atoms with Crippen LogP contribution in [0.3, 0.4) is 0 Å². The van der Waals surface area contributed by atoms with Crippen LogP contribution in [0.15, 0.2) is 62.2 Å². The molecule has 1 aliphatic rings. The van der Waals surface area contributed by atoms with Gasteiger partial charge in [0.1, 0.15) is 16.5 Å². The van der Waals surface area contributed by atoms with Gasteiger partial charge in [-0.3, -0.25) is 14.9 Å². The third kappa shape index (κ3) is 3.43. The summed E-state index contributed by atoms with van der Waals surface area (Å²) < 4.78 is 6.08. The Balaban J connectivity index is 1.71. The molecule has 1 aromatic heterocycles. The lowest BCUT2D eigenvalue weighted by Crippen LogP contribution is -2.33. The van der Waals surface area contributed by atoms with Crippen molar-refractivity contribution in [2.24, 2.45) is 0 Å². The fourth-order valence-corrected chi connectivity index (χ4v) is 4.72. The number of non-ortho nitro benzene ring substituents is 1. The third-order valence-corrected chi connectivity index (χ3v) is 6.20. The summed E-state index contributed by atoms with van der Waals surface area (Å²) in [4.78, 5) is 37.6. The van der Waals surface area contributed by atoms with Crippen LogP contribution >= 0.6 is 27.7 Å². The van der Waals surface area contributed by atoms with Gasteiger partial charge in [-0.25, -0.2) is 4.79 Å². The third-order valence-electron chi connectivity index (χ3n) is 4.45. The molecule has 0 saturated carbocycles. The highest BCUT2D eigenvalue weighted by Crippen LogP contribution is 2.39. The van der Waals surface area contributed by atoms with Crippen LogP contribution in [0.1, 0.15) is 21.3 Å². The molecule has 0 bridgehead atoms. The van der Waals surface area contributed by atoms with Crippen molar-refractivity contribution in [1.82, 2.24) is 4.90 Å². The van der Waals surface area contributed by atoms with Gasteiger partial charge < -0.3 is 9.32 Å². The quantitative estimate of drug-likeness (QED) is 0.327. The van der Waals surface area contributed by atoms with Crippen molar-refractivity contribution < 1.29 is 14.1 Å². The van der Waals surface area contributed by atoms with Crippen molar-refractivity contribution in [3.05, 3.63) is 84.7 Å². The Kier molecular flexibility index (Phi) is 4.94. The highest BCUT2D eigenvalue weighted by molar-refractivity contribution is 9.10. The van der Waals surface area contributed by atoms with Gasteiger partial charge >= 0.3 is 5.63 Å². The Morgan fingerprint density at radius 3 is 2.86 bits per heavy atom. The lowest BCUT2D eigenvalue weighted by molar-refractivity contribution is -0.384. The molecule has 0 aliphatic carbocycles. The van der Waals surface area contributed by atoms with E-state index in [1.807, 2.05) is 0 Å². The van der Waals surface area contributed by atoms with Crippen molar-refractivity contribution in [2.75, 3.05) is 12.3 Å². The van der Waals surface area contributed by atoms with Gasteiger partial charge in [0.25, 0.3) is 11.6 Å². The molecule has 1 aliphatic heterocycles. The molecule has 9 heteroatoms. The predicted octanol–water partition coefficient (Wildman–Crippen LogP) is 4.35. The number of thioether (sulfide) groups is 1. The van der Waals surface area contributed by atoms with Crippen molar-refractivity contribution >= 4 is 50.3 Å². The van der Waals surface area contributed by atoms with Gasteiger partial charge in [-0.2, -0.15) is 0 Å². The monoisotopic (exact) mass is 460 g/mol. The van der Waals surface area contributed by atoms with Crippen LogP contribution in [0.4, 0.5) is 5.69 Å². The molecule has 2 aromatic carbocycles. The predicted molar refractivity (Wildman–Crippen MR) is 110 cm³/mol. The topological polar surface area (TPSA) is 93.7 Å². The highest BCUT2D eigenvalue weighted by Gasteiger charge is 2.33.